The van der Waals surface area contributed by atoms with Gasteiger partial charge in [0.05, 0.1) is 44.2 Å². The zero-order valence-electron chi connectivity index (χ0n) is 18.0. The van der Waals surface area contributed by atoms with Crippen molar-refractivity contribution in [3.05, 3.63) is 53.8 Å². The first-order valence-electron chi connectivity index (χ1n) is 10.8. The number of amides is 3. The van der Waals surface area contributed by atoms with Crippen molar-refractivity contribution in [2.75, 3.05) is 59.6 Å². The van der Waals surface area contributed by atoms with Gasteiger partial charge >= 0.3 is 6.03 Å². The van der Waals surface area contributed by atoms with E-state index in [1.54, 1.807) is 18.1 Å². The lowest BCUT2D eigenvalue weighted by atomic mass is 9.95. The lowest BCUT2D eigenvalue weighted by Gasteiger charge is -2.33. The predicted molar refractivity (Wildman–Crippen MR) is 117 cm³/mol. The molecule has 1 atom stereocenters. The summed E-state index contributed by atoms with van der Waals surface area (Å²) in [6, 6.07) is 6.81. The van der Waals surface area contributed by atoms with Crippen LogP contribution < -0.4 is 10.1 Å². The van der Waals surface area contributed by atoms with Crippen molar-refractivity contribution >= 4 is 11.9 Å². The maximum atomic E-state index is 13.4. The summed E-state index contributed by atoms with van der Waals surface area (Å²) in [5.41, 5.74) is 2.29. The van der Waals surface area contributed by atoms with Crippen molar-refractivity contribution in [3.63, 3.8) is 0 Å². The SMILES string of the molecule is C=CCN1C(=O)NC(c2ccc(OC)cc2)C2=C1CN(CCCN1CCOCC1)C2=O. The quantitative estimate of drug-likeness (QED) is 0.642. The number of morpholine rings is 1. The molecule has 1 unspecified atom stereocenters. The molecule has 1 saturated heterocycles. The average Bonchev–Trinajstić information content (AvgIpc) is 3.12. The standard InChI is InChI=1S/C23H30N4O4/c1-3-9-27-19-16-26(11-4-10-25-12-14-31-15-13-25)22(28)20(19)21(24-23(27)29)17-5-7-18(30-2)8-6-17/h3,5-8,21H,1,4,9-16H2,2H3,(H,24,29). The molecule has 4 rings (SSSR count). The van der Waals surface area contributed by atoms with Gasteiger partial charge in [0.1, 0.15) is 5.75 Å². The van der Waals surface area contributed by atoms with Crippen LogP contribution in [0.15, 0.2) is 48.2 Å². The second-order valence-corrected chi connectivity index (χ2v) is 7.95. The molecule has 8 heteroatoms. The summed E-state index contributed by atoms with van der Waals surface area (Å²) in [5, 5.41) is 3.01. The molecule has 1 aromatic rings. The minimum absolute atomic E-state index is 0.00754. The number of hydrogen-bond acceptors (Lipinski definition) is 5. The fraction of sp³-hybridized carbons (Fsp3) is 0.478. The smallest absolute Gasteiger partial charge is 0.322 e. The molecule has 3 aliphatic rings. The molecular formula is C23H30N4O4. The van der Waals surface area contributed by atoms with Crippen molar-refractivity contribution in [1.82, 2.24) is 20.0 Å². The fourth-order valence-corrected chi connectivity index (χ4v) is 4.41. The van der Waals surface area contributed by atoms with Crippen LogP contribution in [0.1, 0.15) is 18.0 Å². The van der Waals surface area contributed by atoms with E-state index < -0.39 is 6.04 Å². The normalized spacial score (nSPS) is 21.9. The Labute approximate surface area is 183 Å². The van der Waals surface area contributed by atoms with E-state index in [4.69, 9.17) is 9.47 Å². The molecular weight excluding hydrogens is 396 g/mol. The van der Waals surface area contributed by atoms with Crippen molar-refractivity contribution in [3.8, 4) is 5.75 Å². The van der Waals surface area contributed by atoms with Crippen LogP contribution in [0.25, 0.3) is 0 Å². The van der Waals surface area contributed by atoms with Crippen LogP contribution in [0.3, 0.4) is 0 Å². The molecule has 31 heavy (non-hydrogen) atoms. The molecule has 0 radical (unpaired) electrons. The average molecular weight is 427 g/mol. The summed E-state index contributed by atoms with van der Waals surface area (Å²) >= 11 is 0. The highest BCUT2D eigenvalue weighted by Gasteiger charge is 2.43. The maximum Gasteiger partial charge on any atom is 0.322 e. The first-order chi connectivity index (χ1) is 15.1. The van der Waals surface area contributed by atoms with E-state index in [9.17, 15) is 9.59 Å². The Morgan fingerprint density at radius 1 is 1.19 bits per heavy atom. The Kier molecular flexibility index (Phi) is 6.58. The van der Waals surface area contributed by atoms with Gasteiger partial charge in [0.15, 0.2) is 0 Å². The van der Waals surface area contributed by atoms with Crippen LogP contribution in [0.4, 0.5) is 4.79 Å². The summed E-state index contributed by atoms with van der Waals surface area (Å²) in [6.07, 6.45) is 2.58. The van der Waals surface area contributed by atoms with Gasteiger partial charge in [-0.15, -0.1) is 6.58 Å². The number of nitrogens with zero attached hydrogens (tertiary/aromatic N) is 3. The van der Waals surface area contributed by atoms with Crippen LogP contribution in [-0.2, 0) is 9.53 Å². The number of nitrogens with one attached hydrogen (secondary N) is 1. The number of carbonyl (C=O) groups is 2. The zero-order chi connectivity index (χ0) is 21.8. The molecule has 3 heterocycles. The van der Waals surface area contributed by atoms with Gasteiger partial charge in [0.2, 0.25) is 0 Å². The van der Waals surface area contributed by atoms with Gasteiger partial charge in [-0.05, 0) is 24.1 Å². The molecule has 1 aromatic carbocycles. The summed E-state index contributed by atoms with van der Waals surface area (Å²) in [7, 11) is 1.61. The minimum atomic E-state index is -0.466. The third-order valence-electron chi connectivity index (χ3n) is 6.06. The van der Waals surface area contributed by atoms with Crippen LogP contribution in [-0.4, -0.2) is 86.2 Å². The van der Waals surface area contributed by atoms with E-state index in [1.807, 2.05) is 29.2 Å². The Balaban J connectivity index is 1.52. The lowest BCUT2D eigenvalue weighted by molar-refractivity contribution is -0.125. The molecule has 0 spiro atoms. The van der Waals surface area contributed by atoms with Gasteiger partial charge in [0.25, 0.3) is 5.91 Å². The van der Waals surface area contributed by atoms with Gasteiger partial charge in [0, 0.05) is 32.7 Å². The highest BCUT2D eigenvalue weighted by Crippen LogP contribution is 2.36. The lowest BCUT2D eigenvalue weighted by Crippen LogP contribution is -2.47. The zero-order valence-corrected chi connectivity index (χ0v) is 18.0. The molecule has 3 aliphatic heterocycles. The molecule has 1 fully saturated rings. The molecule has 0 bridgehead atoms. The summed E-state index contributed by atoms with van der Waals surface area (Å²) in [5.74, 6) is 0.725. The highest BCUT2D eigenvalue weighted by atomic mass is 16.5. The molecule has 0 saturated carbocycles. The highest BCUT2D eigenvalue weighted by molar-refractivity contribution is 6.01. The molecule has 8 nitrogen and oxygen atoms in total. The summed E-state index contributed by atoms with van der Waals surface area (Å²) in [4.78, 5) is 32.1. The number of methoxy groups -OCH3 is 1. The van der Waals surface area contributed by atoms with Crippen LogP contribution >= 0.6 is 0 Å². The van der Waals surface area contributed by atoms with Gasteiger partial charge in [-0.2, -0.15) is 0 Å². The molecule has 3 amide bonds. The van der Waals surface area contributed by atoms with Gasteiger partial charge in [-0.1, -0.05) is 18.2 Å². The van der Waals surface area contributed by atoms with Crippen molar-refractivity contribution in [2.45, 2.75) is 12.5 Å². The van der Waals surface area contributed by atoms with Crippen molar-refractivity contribution in [2.24, 2.45) is 0 Å². The molecule has 166 valence electrons. The van der Waals surface area contributed by atoms with Crippen LogP contribution in [0, 0.1) is 0 Å². The van der Waals surface area contributed by atoms with Gasteiger partial charge < -0.3 is 19.7 Å². The van der Waals surface area contributed by atoms with Crippen molar-refractivity contribution < 1.29 is 19.1 Å². The van der Waals surface area contributed by atoms with Gasteiger partial charge in [-0.25, -0.2) is 4.79 Å². The third kappa shape index (κ3) is 4.45. The molecule has 0 aliphatic carbocycles. The number of ether oxygens (including phenoxy) is 2. The van der Waals surface area contributed by atoms with Crippen molar-refractivity contribution in [1.29, 1.82) is 0 Å². The molecule has 1 N–H and O–H groups in total. The van der Waals surface area contributed by atoms with E-state index in [1.165, 1.54) is 0 Å². The Morgan fingerprint density at radius 3 is 2.61 bits per heavy atom. The van der Waals surface area contributed by atoms with E-state index in [2.05, 4.69) is 16.8 Å². The first kappa shape index (κ1) is 21.4. The topological polar surface area (TPSA) is 74.4 Å². The number of rotatable bonds is 8. The van der Waals surface area contributed by atoms with Crippen LogP contribution in [0.2, 0.25) is 0 Å². The van der Waals surface area contributed by atoms with E-state index in [-0.39, 0.29) is 11.9 Å². The number of carbonyl (C=O) groups excluding carboxylic acids is 2. The third-order valence-corrected chi connectivity index (χ3v) is 6.06. The number of hydrogen-bond donors (Lipinski definition) is 1. The fourth-order valence-electron chi connectivity index (χ4n) is 4.41. The second-order valence-electron chi connectivity index (χ2n) is 7.95. The predicted octanol–water partition coefficient (Wildman–Crippen LogP) is 1.77. The van der Waals surface area contributed by atoms with E-state index in [0.29, 0.717) is 25.2 Å². The Bertz CT molecular complexity index is 861. The number of urea groups is 1. The Morgan fingerprint density at radius 2 is 1.94 bits per heavy atom. The minimum Gasteiger partial charge on any atom is -0.497 e. The Hall–Kier alpha value is -2.84. The van der Waals surface area contributed by atoms with E-state index in [0.717, 1.165) is 56.3 Å². The van der Waals surface area contributed by atoms with E-state index >= 15 is 0 Å². The summed E-state index contributed by atoms with van der Waals surface area (Å²) in [6.45, 7) is 9.60. The first-order valence-corrected chi connectivity index (χ1v) is 10.8. The second kappa shape index (κ2) is 9.53. The maximum absolute atomic E-state index is 13.4. The monoisotopic (exact) mass is 426 g/mol. The largest absolute Gasteiger partial charge is 0.497 e. The summed E-state index contributed by atoms with van der Waals surface area (Å²) < 4.78 is 10.6. The van der Waals surface area contributed by atoms with Crippen LogP contribution in [0.5, 0.6) is 5.75 Å². The van der Waals surface area contributed by atoms with Gasteiger partial charge in [-0.3, -0.25) is 14.6 Å². The molecule has 0 aromatic heterocycles. The number of benzene rings is 1.